The number of nitrogens with one attached hydrogen (secondary N) is 1. The number of amides is 1. The van der Waals surface area contributed by atoms with Crippen LogP contribution in [0.15, 0.2) is 48.5 Å². The molecule has 0 saturated heterocycles. The van der Waals surface area contributed by atoms with E-state index >= 15 is 0 Å². The van der Waals surface area contributed by atoms with E-state index in [0.717, 1.165) is 0 Å². The topological polar surface area (TPSA) is 84.9 Å². The number of benzene rings is 2. The van der Waals surface area contributed by atoms with Gasteiger partial charge in [0.2, 0.25) is 5.91 Å². The average Bonchev–Trinajstić information content (AvgIpc) is 2.63. The van der Waals surface area contributed by atoms with Crippen molar-refractivity contribution in [2.24, 2.45) is 0 Å². The fourth-order valence-electron chi connectivity index (χ4n) is 2.25. The Morgan fingerprint density at radius 1 is 0.964 bits per heavy atom. The SMILES string of the molecule is O=C(O)COc1cccc(CNC(=O)Cc2cccc(OCC(F)(F)F)c2)c1. The van der Waals surface area contributed by atoms with Crippen LogP contribution >= 0.6 is 0 Å². The summed E-state index contributed by atoms with van der Waals surface area (Å²) in [4.78, 5) is 22.6. The Bertz CT molecular complexity index is 823. The second-order valence-corrected chi connectivity index (χ2v) is 5.83. The van der Waals surface area contributed by atoms with Gasteiger partial charge in [0.1, 0.15) is 11.5 Å². The molecule has 0 aliphatic carbocycles. The molecule has 0 aromatic heterocycles. The van der Waals surface area contributed by atoms with Crippen molar-refractivity contribution in [3.8, 4) is 11.5 Å². The van der Waals surface area contributed by atoms with Gasteiger partial charge in [-0.25, -0.2) is 4.79 Å². The number of aliphatic carboxylic acids is 1. The second-order valence-electron chi connectivity index (χ2n) is 5.83. The van der Waals surface area contributed by atoms with Gasteiger partial charge in [0, 0.05) is 6.54 Å². The van der Waals surface area contributed by atoms with Crippen LogP contribution in [0.2, 0.25) is 0 Å². The summed E-state index contributed by atoms with van der Waals surface area (Å²) < 4.78 is 46.3. The molecule has 0 aliphatic rings. The van der Waals surface area contributed by atoms with E-state index < -0.39 is 25.4 Å². The van der Waals surface area contributed by atoms with Crippen molar-refractivity contribution in [2.75, 3.05) is 13.2 Å². The normalized spacial score (nSPS) is 11.0. The van der Waals surface area contributed by atoms with E-state index in [1.807, 2.05) is 0 Å². The van der Waals surface area contributed by atoms with Crippen LogP contribution in [-0.2, 0) is 22.6 Å². The molecule has 28 heavy (non-hydrogen) atoms. The van der Waals surface area contributed by atoms with Gasteiger partial charge in [-0.05, 0) is 35.4 Å². The number of ether oxygens (including phenoxy) is 2. The van der Waals surface area contributed by atoms with Crippen LogP contribution in [0.4, 0.5) is 13.2 Å². The van der Waals surface area contributed by atoms with Crippen LogP contribution in [0.5, 0.6) is 11.5 Å². The van der Waals surface area contributed by atoms with E-state index in [0.29, 0.717) is 16.9 Å². The molecule has 0 saturated carbocycles. The van der Waals surface area contributed by atoms with Crippen molar-refractivity contribution in [1.29, 1.82) is 0 Å². The maximum atomic E-state index is 12.2. The van der Waals surface area contributed by atoms with Gasteiger partial charge in [-0.2, -0.15) is 13.2 Å². The van der Waals surface area contributed by atoms with Gasteiger partial charge >= 0.3 is 12.1 Å². The summed E-state index contributed by atoms with van der Waals surface area (Å²) in [6, 6.07) is 12.5. The minimum absolute atomic E-state index is 0.0293. The Morgan fingerprint density at radius 3 is 2.21 bits per heavy atom. The highest BCUT2D eigenvalue weighted by Gasteiger charge is 2.28. The van der Waals surface area contributed by atoms with Gasteiger partial charge in [0.25, 0.3) is 0 Å². The first kappa shape index (κ1) is 21.1. The molecule has 0 spiro atoms. The van der Waals surface area contributed by atoms with E-state index in [-0.39, 0.29) is 24.6 Å². The van der Waals surface area contributed by atoms with E-state index in [4.69, 9.17) is 9.84 Å². The zero-order chi connectivity index (χ0) is 20.6. The fraction of sp³-hybridized carbons (Fsp3) is 0.263. The Labute approximate surface area is 158 Å². The van der Waals surface area contributed by atoms with Crippen LogP contribution in [0.3, 0.4) is 0 Å². The lowest BCUT2D eigenvalue weighted by molar-refractivity contribution is -0.153. The monoisotopic (exact) mass is 397 g/mol. The third-order valence-corrected chi connectivity index (χ3v) is 3.42. The largest absolute Gasteiger partial charge is 0.484 e. The van der Waals surface area contributed by atoms with Crippen molar-refractivity contribution in [2.45, 2.75) is 19.1 Å². The highest BCUT2D eigenvalue weighted by molar-refractivity contribution is 5.78. The maximum Gasteiger partial charge on any atom is 0.422 e. The highest BCUT2D eigenvalue weighted by atomic mass is 19.4. The van der Waals surface area contributed by atoms with E-state index in [1.54, 1.807) is 30.3 Å². The number of carbonyl (C=O) groups excluding carboxylic acids is 1. The van der Waals surface area contributed by atoms with E-state index in [9.17, 15) is 22.8 Å². The van der Waals surface area contributed by atoms with Gasteiger partial charge in [-0.15, -0.1) is 0 Å². The summed E-state index contributed by atoms with van der Waals surface area (Å²) >= 11 is 0. The lowest BCUT2D eigenvalue weighted by Crippen LogP contribution is -2.24. The zero-order valence-electron chi connectivity index (χ0n) is 14.7. The fourth-order valence-corrected chi connectivity index (χ4v) is 2.25. The molecule has 0 fully saturated rings. The first-order valence-corrected chi connectivity index (χ1v) is 8.20. The molecule has 2 rings (SSSR count). The molecule has 0 heterocycles. The number of carbonyl (C=O) groups is 2. The summed E-state index contributed by atoms with van der Waals surface area (Å²) in [6.45, 7) is -1.68. The summed E-state index contributed by atoms with van der Waals surface area (Å²) in [6.07, 6.45) is -4.46. The number of halogens is 3. The van der Waals surface area contributed by atoms with Gasteiger partial charge < -0.3 is 19.9 Å². The molecule has 150 valence electrons. The Balaban J connectivity index is 1.86. The molecule has 0 unspecified atom stereocenters. The number of carboxylic acids is 1. The Morgan fingerprint density at radius 2 is 1.57 bits per heavy atom. The van der Waals surface area contributed by atoms with Gasteiger partial charge in [-0.1, -0.05) is 24.3 Å². The van der Waals surface area contributed by atoms with Gasteiger partial charge in [0.15, 0.2) is 13.2 Å². The number of alkyl halides is 3. The number of hydrogen-bond acceptors (Lipinski definition) is 4. The molecule has 0 atom stereocenters. The summed E-state index contributed by atoms with van der Waals surface area (Å²) in [7, 11) is 0. The molecule has 2 aromatic carbocycles. The van der Waals surface area contributed by atoms with Crippen molar-refractivity contribution in [3.63, 3.8) is 0 Å². The maximum absolute atomic E-state index is 12.2. The average molecular weight is 397 g/mol. The first-order valence-electron chi connectivity index (χ1n) is 8.20. The molecule has 2 aromatic rings. The van der Waals surface area contributed by atoms with Crippen LogP contribution in [-0.4, -0.2) is 36.4 Å². The van der Waals surface area contributed by atoms with Crippen molar-refractivity contribution < 1.29 is 37.3 Å². The predicted octanol–water partition coefficient (Wildman–Crippen LogP) is 2.95. The van der Waals surface area contributed by atoms with Crippen LogP contribution < -0.4 is 14.8 Å². The quantitative estimate of drug-likeness (QED) is 0.680. The Kier molecular flexibility index (Phi) is 7.25. The third kappa shape index (κ3) is 7.98. The standard InChI is InChI=1S/C19H18F3NO5/c20-19(21,22)12-28-16-6-1-3-13(7-16)9-17(24)23-10-14-4-2-5-15(8-14)27-11-18(25)26/h1-8H,9-12H2,(H,23,24)(H,25,26). The van der Waals surface area contributed by atoms with Crippen molar-refractivity contribution in [1.82, 2.24) is 5.32 Å². The summed E-state index contributed by atoms with van der Waals surface area (Å²) in [5.74, 6) is -1.03. The van der Waals surface area contributed by atoms with Crippen LogP contribution in [0.1, 0.15) is 11.1 Å². The number of hydrogen-bond donors (Lipinski definition) is 2. The van der Waals surface area contributed by atoms with Crippen molar-refractivity contribution in [3.05, 3.63) is 59.7 Å². The highest BCUT2D eigenvalue weighted by Crippen LogP contribution is 2.19. The Hall–Kier alpha value is -3.23. The first-order chi connectivity index (χ1) is 13.2. The molecular weight excluding hydrogens is 379 g/mol. The molecule has 0 radical (unpaired) electrons. The molecule has 9 heteroatoms. The zero-order valence-corrected chi connectivity index (χ0v) is 14.7. The second kappa shape index (κ2) is 9.63. The predicted molar refractivity (Wildman–Crippen MR) is 93.1 cm³/mol. The van der Waals surface area contributed by atoms with Crippen LogP contribution in [0.25, 0.3) is 0 Å². The van der Waals surface area contributed by atoms with Gasteiger partial charge in [-0.3, -0.25) is 4.79 Å². The molecule has 1 amide bonds. The number of rotatable bonds is 9. The molecular formula is C19H18F3NO5. The molecule has 0 bridgehead atoms. The third-order valence-electron chi connectivity index (χ3n) is 3.42. The number of carboxylic acid groups (broad SMARTS) is 1. The minimum Gasteiger partial charge on any atom is -0.484 e. The smallest absolute Gasteiger partial charge is 0.422 e. The summed E-state index contributed by atoms with van der Waals surface area (Å²) in [5.41, 5.74) is 1.22. The lowest BCUT2D eigenvalue weighted by atomic mass is 10.1. The van der Waals surface area contributed by atoms with Crippen LogP contribution in [0, 0.1) is 0 Å². The van der Waals surface area contributed by atoms with Crippen molar-refractivity contribution >= 4 is 11.9 Å². The minimum atomic E-state index is -4.43. The molecule has 6 nitrogen and oxygen atoms in total. The lowest BCUT2D eigenvalue weighted by Gasteiger charge is -2.11. The van der Waals surface area contributed by atoms with Gasteiger partial charge in [0.05, 0.1) is 6.42 Å². The molecule has 0 aliphatic heterocycles. The van der Waals surface area contributed by atoms with E-state index in [2.05, 4.69) is 10.1 Å². The summed E-state index contributed by atoms with van der Waals surface area (Å²) in [5, 5.41) is 11.3. The van der Waals surface area contributed by atoms with E-state index in [1.165, 1.54) is 18.2 Å². The molecule has 2 N–H and O–H groups in total.